The van der Waals surface area contributed by atoms with Gasteiger partial charge in [0.1, 0.15) is 11.5 Å². The highest BCUT2D eigenvalue weighted by Crippen LogP contribution is 2.27. The molecule has 0 amide bonds. The van der Waals surface area contributed by atoms with Gasteiger partial charge in [-0.25, -0.2) is 0 Å². The van der Waals surface area contributed by atoms with Crippen molar-refractivity contribution in [2.24, 2.45) is 0 Å². The highest BCUT2D eigenvalue weighted by atomic mass is 16.3. The third kappa shape index (κ3) is 2.24. The van der Waals surface area contributed by atoms with Gasteiger partial charge in [0, 0.05) is 11.3 Å². The zero-order valence-electron chi connectivity index (χ0n) is 8.92. The second-order valence-corrected chi connectivity index (χ2v) is 4.48. The molecule has 0 spiro atoms. The van der Waals surface area contributed by atoms with Gasteiger partial charge >= 0.3 is 0 Å². The molecule has 1 atom stereocenters. The van der Waals surface area contributed by atoms with Crippen molar-refractivity contribution in [2.45, 2.75) is 39.0 Å². The van der Waals surface area contributed by atoms with Gasteiger partial charge in [-0.2, -0.15) is 0 Å². The molecule has 0 radical (unpaired) electrons. The van der Waals surface area contributed by atoms with Crippen molar-refractivity contribution < 1.29 is 4.42 Å². The lowest BCUT2D eigenvalue weighted by Gasteiger charge is -2.14. The van der Waals surface area contributed by atoms with E-state index in [1.165, 1.54) is 0 Å². The third-order valence-corrected chi connectivity index (χ3v) is 2.17. The third-order valence-electron chi connectivity index (χ3n) is 2.17. The normalized spacial score (nSPS) is 14.2. The first-order valence-electron chi connectivity index (χ1n) is 4.68. The molecule has 1 aromatic heterocycles. The second kappa shape index (κ2) is 3.41. The molecule has 1 heteroatoms. The van der Waals surface area contributed by atoms with Crippen LogP contribution in [-0.4, -0.2) is 0 Å². The SMILES string of the molecule is C=C[C@@H](C)c1ccc(C(C)(C)C)o1. The molecular formula is C12H18O. The predicted molar refractivity (Wildman–Crippen MR) is 56.0 cm³/mol. The van der Waals surface area contributed by atoms with Crippen LogP contribution < -0.4 is 0 Å². The van der Waals surface area contributed by atoms with Gasteiger partial charge in [0.2, 0.25) is 0 Å². The maximum Gasteiger partial charge on any atom is 0.110 e. The summed E-state index contributed by atoms with van der Waals surface area (Å²) in [7, 11) is 0. The minimum Gasteiger partial charge on any atom is -0.465 e. The molecule has 72 valence electrons. The van der Waals surface area contributed by atoms with Crippen LogP contribution in [0, 0.1) is 0 Å². The van der Waals surface area contributed by atoms with Gasteiger partial charge < -0.3 is 4.42 Å². The summed E-state index contributed by atoms with van der Waals surface area (Å²) in [6.45, 7) is 12.3. The van der Waals surface area contributed by atoms with Gasteiger partial charge in [-0.15, -0.1) is 6.58 Å². The molecule has 0 saturated carbocycles. The molecule has 0 aliphatic heterocycles. The Labute approximate surface area is 80.5 Å². The van der Waals surface area contributed by atoms with Crippen LogP contribution in [-0.2, 0) is 5.41 Å². The van der Waals surface area contributed by atoms with Crippen LogP contribution in [0.25, 0.3) is 0 Å². The average molecular weight is 178 g/mol. The summed E-state index contributed by atoms with van der Waals surface area (Å²) in [6.07, 6.45) is 1.89. The summed E-state index contributed by atoms with van der Waals surface area (Å²) >= 11 is 0. The minimum atomic E-state index is 0.0964. The number of allylic oxidation sites excluding steroid dienone is 1. The zero-order valence-corrected chi connectivity index (χ0v) is 8.92. The largest absolute Gasteiger partial charge is 0.465 e. The van der Waals surface area contributed by atoms with Crippen LogP contribution in [0.2, 0.25) is 0 Å². The highest BCUT2D eigenvalue weighted by Gasteiger charge is 2.18. The molecular weight excluding hydrogens is 160 g/mol. The van der Waals surface area contributed by atoms with Crippen LogP contribution in [0.1, 0.15) is 45.1 Å². The first kappa shape index (κ1) is 10.1. The maximum atomic E-state index is 5.73. The average Bonchev–Trinajstić information content (AvgIpc) is 2.50. The van der Waals surface area contributed by atoms with Gasteiger partial charge in [-0.05, 0) is 12.1 Å². The van der Waals surface area contributed by atoms with Crippen molar-refractivity contribution in [1.29, 1.82) is 0 Å². The lowest BCUT2D eigenvalue weighted by atomic mass is 9.94. The number of furan rings is 1. The van der Waals surface area contributed by atoms with Crippen LogP contribution in [0.5, 0.6) is 0 Å². The summed E-state index contributed by atoms with van der Waals surface area (Å²) in [4.78, 5) is 0. The van der Waals surface area contributed by atoms with E-state index in [-0.39, 0.29) is 5.41 Å². The Hall–Kier alpha value is -0.980. The van der Waals surface area contributed by atoms with Crippen molar-refractivity contribution in [1.82, 2.24) is 0 Å². The summed E-state index contributed by atoms with van der Waals surface area (Å²) in [5.74, 6) is 2.34. The molecule has 13 heavy (non-hydrogen) atoms. The van der Waals surface area contributed by atoms with E-state index in [0.29, 0.717) is 5.92 Å². The molecule has 1 aromatic rings. The van der Waals surface area contributed by atoms with Crippen molar-refractivity contribution >= 4 is 0 Å². The van der Waals surface area contributed by atoms with E-state index in [0.717, 1.165) is 11.5 Å². The van der Waals surface area contributed by atoms with E-state index in [4.69, 9.17) is 4.42 Å². The van der Waals surface area contributed by atoms with Crippen LogP contribution in [0.3, 0.4) is 0 Å². The topological polar surface area (TPSA) is 13.1 Å². The standard InChI is InChI=1S/C12H18O/c1-6-9(2)10-7-8-11(13-10)12(3,4)5/h6-9H,1H2,2-5H3/t9-/m1/s1. The Kier molecular flexibility index (Phi) is 2.65. The predicted octanol–water partition coefficient (Wildman–Crippen LogP) is 3.87. The summed E-state index contributed by atoms with van der Waals surface area (Å²) in [5.41, 5.74) is 0.0964. The smallest absolute Gasteiger partial charge is 0.110 e. The summed E-state index contributed by atoms with van der Waals surface area (Å²) in [5, 5.41) is 0. The number of rotatable bonds is 2. The molecule has 1 rings (SSSR count). The molecule has 1 heterocycles. The fourth-order valence-corrected chi connectivity index (χ4v) is 1.12. The Morgan fingerprint density at radius 2 is 2.00 bits per heavy atom. The first-order chi connectivity index (χ1) is 5.95. The van der Waals surface area contributed by atoms with E-state index in [9.17, 15) is 0 Å². The first-order valence-corrected chi connectivity index (χ1v) is 4.68. The van der Waals surface area contributed by atoms with Crippen LogP contribution in [0.15, 0.2) is 29.2 Å². The molecule has 0 aliphatic carbocycles. The fourth-order valence-electron chi connectivity index (χ4n) is 1.12. The second-order valence-electron chi connectivity index (χ2n) is 4.48. The van der Waals surface area contributed by atoms with E-state index >= 15 is 0 Å². The van der Waals surface area contributed by atoms with Gasteiger partial charge in [-0.1, -0.05) is 33.8 Å². The quantitative estimate of drug-likeness (QED) is 0.627. The molecule has 0 unspecified atom stereocenters. The lowest BCUT2D eigenvalue weighted by molar-refractivity contribution is 0.382. The van der Waals surface area contributed by atoms with Crippen molar-refractivity contribution in [3.05, 3.63) is 36.3 Å². The Morgan fingerprint density at radius 1 is 1.38 bits per heavy atom. The van der Waals surface area contributed by atoms with Crippen LogP contribution in [0.4, 0.5) is 0 Å². The Bertz CT molecular complexity index is 288. The van der Waals surface area contributed by atoms with Gasteiger partial charge in [-0.3, -0.25) is 0 Å². The molecule has 1 nitrogen and oxygen atoms in total. The van der Waals surface area contributed by atoms with E-state index in [1.807, 2.05) is 12.1 Å². The molecule has 0 fully saturated rings. The lowest BCUT2D eigenvalue weighted by Crippen LogP contribution is -2.09. The molecule has 0 aromatic carbocycles. The van der Waals surface area contributed by atoms with Gasteiger partial charge in [0.05, 0.1) is 0 Å². The van der Waals surface area contributed by atoms with E-state index < -0.39 is 0 Å². The maximum absolute atomic E-state index is 5.73. The zero-order chi connectivity index (χ0) is 10.1. The monoisotopic (exact) mass is 178 g/mol. The van der Waals surface area contributed by atoms with E-state index in [1.54, 1.807) is 0 Å². The van der Waals surface area contributed by atoms with Crippen molar-refractivity contribution in [3.8, 4) is 0 Å². The number of hydrogen-bond donors (Lipinski definition) is 0. The Morgan fingerprint density at radius 3 is 2.38 bits per heavy atom. The van der Waals surface area contributed by atoms with Gasteiger partial charge in [0.25, 0.3) is 0 Å². The van der Waals surface area contributed by atoms with E-state index in [2.05, 4.69) is 40.3 Å². The van der Waals surface area contributed by atoms with Crippen LogP contribution >= 0.6 is 0 Å². The fraction of sp³-hybridized carbons (Fsp3) is 0.500. The summed E-state index contributed by atoms with van der Waals surface area (Å²) < 4.78 is 5.73. The summed E-state index contributed by atoms with van der Waals surface area (Å²) in [6, 6.07) is 4.09. The minimum absolute atomic E-state index is 0.0964. The Balaban J connectivity index is 2.93. The molecule has 0 bridgehead atoms. The van der Waals surface area contributed by atoms with Gasteiger partial charge in [0.15, 0.2) is 0 Å². The molecule has 0 N–H and O–H groups in total. The number of hydrogen-bond acceptors (Lipinski definition) is 1. The molecule has 0 saturated heterocycles. The van der Waals surface area contributed by atoms with Crippen molar-refractivity contribution in [3.63, 3.8) is 0 Å². The highest BCUT2D eigenvalue weighted by molar-refractivity contribution is 5.18. The van der Waals surface area contributed by atoms with Crippen molar-refractivity contribution in [2.75, 3.05) is 0 Å². The molecule has 0 aliphatic rings.